The van der Waals surface area contributed by atoms with E-state index in [9.17, 15) is 9.90 Å². The molecule has 0 atom stereocenters. The monoisotopic (exact) mass is 272 g/mol. The molecule has 106 valence electrons. The molecule has 1 fully saturated rings. The number of carboxylic acid groups (broad SMARTS) is 1. The third-order valence-corrected chi connectivity index (χ3v) is 4.48. The number of carboxylic acids is 1. The number of aliphatic carboxylic acids is 1. The molecule has 0 bridgehead atoms. The third-order valence-electron chi connectivity index (χ3n) is 4.48. The Balaban J connectivity index is 2.02. The van der Waals surface area contributed by atoms with E-state index < -0.39 is 11.4 Å². The van der Waals surface area contributed by atoms with Gasteiger partial charge in [0.05, 0.1) is 17.0 Å². The van der Waals surface area contributed by atoms with Crippen LogP contribution in [0.5, 0.6) is 0 Å². The van der Waals surface area contributed by atoms with Gasteiger partial charge in [0.2, 0.25) is 0 Å². The van der Waals surface area contributed by atoms with E-state index in [1.54, 1.807) is 0 Å². The zero-order valence-electron chi connectivity index (χ0n) is 11.8. The highest BCUT2D eigenvalue weighted by Gasteiger charge is 2.39. The van der Waals surface area contributed by atoms with Crippen molar-refractivity contribution in [3.8, 4) is 6.07 Å². The molecule has 1 aliphatic heterocycles. The summed E-state index contributed by atoms with van der Waals surface area (Å²) in [5.41, 5.74) is 1.18. The maximum atomic E-state index is 11.4. The first-order chi connectivity index (χ1) is 9.61. The smallest absolute Gasteiger partial charge is 0.309 e. The Hall–Kier alpha value is -1.86. The van der Waals surface area contributed by atoms with E-state index in [0.717, 1.165) is 25.2 Å². The molecule has 2 rings (SSSR count). The Morgan fingerprint density at radius 2 is 2.05 bits per heavy atom. The van der Waals surface area contributed by atoms with Gasteiger partial charge < -0.3 is 5.11 Å². The van der Waals surface area contributed by atoms with Gasteiger partial charge in [-0.3, -0.25) is 9.69 Å². The summed E-state index contributed by atoms with van der Waals surface area (Å²) in [4.78, 5) is 13.7. The number of carbonyl (C=O) groups is 1. The van der Waals surface area contributed by atoms with Crippen LogP contribution in [0.2, 0.25) is 0 Å². The van der Waals surface area contributed by atoms with E-state index >= 15 is 0 Å². The number of piperidine rings is 1. The van der Waals surface area contributed by atoms with Crippen LogP contribution >= 0.6 is 0 Å². The van der Waals surface area contributed by atoms with Crippen LogP contribution in [0, 0.1) is 16.7 Å². The summed E-state index contributed by atoms with van der Waals surface area (Å²) in [5, 5.41) is 18.5. The highest BCUT2D eigenvalue weighted by molar-refractivity contribution is 5.74. The van der Waals surface area contributed by atoms with Crippen LogP contribution in [0.25, 0.3) is 0 Å². The van der Waals surface area contributed by atoms with Gasteiger partial charge in [-0.2, -0.15) is 5.26 Å². The summed E-state index contributed by atoms with van der Waals surface area (Å²) in [6, 6.07) is 9.81. The van der Waals surface area contributed by atoms with Crippen molar-refractivity contribution in [2.24, 2.45) is 5.41 Å². The van der Waals surface area contributed by atoms with E-state index in [2.05, 4.69) is 11.0 Å². The minimum atomic E-state index is -0.669. The van der Waals surface area contributed by atoms with Gasteiger partial charge in [-0.1, -0.05) is 25.1 Å². The second kappa shape index (κ2) is 6.06. The first-order valence-corrected chi connectivity index (χ1v) is 7.05. The lowest BCUT2D eigenvalue weighted by molar-refractivity contribution is -0.152. The van der Waals surface area contributed by atoms with Gasteiger partial charge in [0, 0.05) is 6.54 Å². The maximum Gasteiger partial charge on any atom is 0.309 e. The zero-order valence-corrected chi connectivity index (χ0v) is 11.8. The van der Waals surface area contributed by atoms with Crippen molar-refractivity contribution >= 4 is 5.97 Å². The van der Waals surface area contributed by atoms with E-state index in [1.165, 1.54) is 0 Å². The second-order valence-corrected chi connectivity index (χ2v) is 5.48. The molecule has 0 spiro atoms. The SMILES string of the molecule is CCC1(C(=O)O)CCN(Cc2ccccc2C#N)CC1. The summed E-state index contributed by atoms with van der Waals surface area (Å²) in [7, 11) is 0. The first-order valence-electron chi connectivity index (χ1n) is 7.05. The fraction of sp³-hybridized carbons (Fsp3) is 0.500. The summed E-state index contributed by atoms with van der Waals surface area (Å²) in [5.74, 6) is -0.669. The number of nitrogens with zero attached hydrogens (tertiary/aromatic N) is 2. The molecule has 1 aromatic carbocycles. The van der Waals surface area contributed by atoms with Crippen molar-refractivity contribution in [3.05, 3.63) is 35.4 Å². The molecular weight excluding hydrogens is 252 g/mol. The minimum absolute atomic E-state index is 0.550. The number of rotatable bonds is 4. The fourth-order valence-electron chi connectivity index (χ4n) is 2.87. The number of nitriles is 1. The third kappa shape index (κ3) is 2.83. The minimum Gasteiger partial charge on any atom is -0.481 e. The molecule has 1 heterocycles. The normalized spacial score (nSPS) is 18.4. The molecule has 1 saturated heterocycles. The predicted molar refractivity (Wildman–Crippen MR) is 76.0 cm³/mol. The summed E-state index contributed by atoms with van der Waals surface area (Å²) in [6.07, 6.45) is 2.06. The molecule has 1 N–H and O–H groups in total. The van der Waals surface area contributed by atoms with Gasteiger partial charge >= 0.3 is 5.97 Å². The zero-order chi connectivity index (χ0) is 14.6. The summed E-state index contributed by atoms with van der Waals surface area (Å²) >= 11 is 0. The lowest BCUT2D eigenvalue weighted by atomic mass is 9.76. The van der Waals surface area contributed by atoms with Gasteiger partial charge in [0.25, 0.3) is 0 Å². The van der Waals surface area contributed by atoms with E-state index in [4.69, 9.17) is 5.26 Å². The largest absolute Gasteiger partial charge is 0.481 e. The topological polar surface area (TPSA) is 64.3 Å². The molecule has 20 heavy (non-hydrogen) atoms. The van der Waals surface area contributed by atoms with Gasteiger partial charge in [-0.15, -0.1) is 0 Å². The average molecular weight is 272 g/mol. The highest BCUT2D eigenvalue weighted by Crippen LogP contribution is 2.35. The lowest BCUT2D eigenvalue weighted by Gasteiger charge is -2.38. The molecule has 4 heteroatoms. The van der Waals surface area contributed by atoms with Crippen LogP contribution in [0.1, 0.15) is 37.3 Å². The molecule has 1 aliphatic rings. The van der Waals surface area contributed by atoms with Crippen LogP contribution < -0.4 is 0 Å². The fourth-order valence-corrected chi connectivity index (χ4v) is 2.87. The standard InChI is InChI=1S/C16H20N2O2/c1-2-16(15(19)20)7-9-18(10-8-16)12-14-6-4-3-5-13(14)11-17/h3-6H,2,7-10,12H2,1H3,(H,19,20). The van der Waals surface area contributed by atoms with E-state index in [1.807, 2.05) is 31.2 Å². The first kappa shape index (κ1) is 14.5. The average Bonchev–Trinajstić information content (AvgIpc) is 2.48. The van der Waals surface area contributed by atoms with Gasteiger partial charge in [-0.05, 0) is 44.0 Å². The van der Waals surface area contributed by atoms with Gasteiger partial charge in [-0.25, -0.2) is 0 Å². The van der Waals surface area contributed by atoms with Crippen molar-refractivity contribution in [2.45, 2.75) is 32.7 Å². The van der Waals surface area contributed by atoms with Crippen molar-refractivity contribution in [1.82, 2.24) is 4.90 Å². The Labute approximate surface area is 119 Å². The molecule has 0 unspecified atom stereocenters. The Morgan fingerprint density at radius 3 is 2.60 bits per heavy atom. The lowest BCUT2D eigenvalue weighted by Crippen LogP contribution is -2.43. The van der Waals surface area contributed by atoms with Crippen LogP contribution in [-0.4, -0.2) is 29.1 Å². The Bertz CT molecular complexity index is 526. The molecule has 4 nitrogen and oxygen atoms in total. The molecule has 0 radical (unpaired) electrons. The van der Waals surface area contributed by atoms with Crippen LogP contribution in [0.4, 0.5) is 0 Å². The number of benzene rings is 1. The van der Waals surface area contributed by atoms with Crippen molar-refractivity contribution < 1.29 is 9.90 Å². The van der Waals surface area contributed by atoms with Crippen molar-refractivity contribution in [2.75, 3.05) is 13.1 Å². The van der Waals surface area contributed by atoms with Crippen molar-refractivity contribution in [3.63, 3.8) is 0 Å². The summed E-state index contributed by atoms with van der Waals surface area (Å²) in [6.45, 7) is 4.23. The van der Waals surface area contributed by atoms with Crippen LogP contribution in [-0.2, 0) is 11.3 Å². The van der Waals surface area contributed by atoms with Gasteiger partial charge in [0.1, 0.15) is 0 Å². The number of likely N-dealkylation sites (tertiary alicyclic amines) is 1. The molecule has 0 saturated carbocycles. The number of hydrogen-bond acceptors (Lipinski definition) is 3. The summed E-state index contributed by atoms with van der Waals surface area (Å²) < 4.78 is 0. The van der Waals surface area contributed by atoms with Gasteiger partial charge in [0.15, 0.2) is 0 Å². The van der Waals surface area contributed by atoms with Crippen LogP contribution in [0.15, 0.2) is 24.3 Å². The molecule has 0 amide bonds. The maximum absolute atomic E-state index is 11.4. The molecule has 0 aromatic heterocycles. The number of hydrogen-bond donors (Lipinski definition) is 1. The molecule has 0 aliphatic carbocycles. The van der Waals surface area contributed by atoms with E-state index in [0.29, 0.717) is 24.8 Å². The molecule has 1 aromatic rings. The Morgan fingerprint density at radius 1 is 1.40 bits per heavy atom. The van der Waals surface area contributed by atoms with Crippen LogP contribution in [0.3, 0.4) is 0 Å². The molecular formula is C16H20N2O2. The predicted octanol–water partition coefficient (Wildman–Crippen LogP) is 2.64. The van der Waals surface area contributed by atoms with E-state index in [-0.39, 0.29) is 0 Å². The van der Waals surface area contributed by atoms with Crippen molar-refractivity contribution in [1.29, 1.82) is 5.26 Å². The quantitative estimate of drug-likeness (QED) is 0.915. The second-order valence-electron chi connectivity index (χ2n) is 5.48. The highest BCUT2D eigenvalue weighted by atomic mass is 16.4. The Kier molecular flexibility index (Phi) is 4.41.